The minimum atomic E-state index is -3.66. The van der Waals surface area contributed by atoms with Crippen LogP contribution in [-0.2, 0) is 32.6 Å². The van der Waals surface area contributed by atoms with Crippen molar-refractivity contribution in [2.24, 2.45) is 5.92 Å². The average molecular weight is 490 g/mol. The zero-order valence-corrected chi connectivity index (χ0v) is 20.3. The zero-order chi connectivity index (χ0) is 23.8. The molecule has 0 aliphatic carbocycles. The predicted molar refractivity (Wildman–Crippen MR) is 128 cm³/mol. The molecule has 9 heteroatoms. The highest BCUT2D eigenvalue weighted by Gasteiger charge is 2.34. The van der Waals surface area contributed by atoms with E-state index in [1.807, 2.05) is 19.1 Å². The molecule has 2 aromatic rings. The number of amides is 2. The molecule has 1 N–H and O–H groups in total. The van der Waals surface area contributed by atoms with Crippen LogP contribution in [0.25, 0.3) is 0 Å². The normalized spacial score (nSPS) is 19.4. The number of benzene rings is 2. The van der Waals surface area contributed by atoms with Crippen molar-refractivity contribution >= 4 is 39.1 Å². The highest BCUT2D eigenvalue weighted by atomic mass is 35.5. The Morgan fingerprint density at radius 2 is 1.76 bits per heavy atom. The van der Waals surface area contributed by atoms with Gasteiger partial charge in [-0.15, -0.1) is 0 Å². The van der Waals surface area contributed by atoms with E-state index in [9.17, 15) is 18.0 Å². The lowest BCUT2D eigenvalue weighted by Crippen LogP contribution is -2.42. The van der Waals surface area contributed by atoms with Crippen LogP contribution in [0, 0.1) is 5.92 Å². The van der Waals surface area contributed by atoms with E-state index in [4.69, 9.17) is 11.6 Å². The Bertz CT molecular complexity index is 1160. The molecule has 0 aromatic heterocycles. The van der Waals surface area contributed by atoms with Crippen molar-refractivity contribution in [3.8, 4) is 0 Å². The highest BCUT2D eigenvalue weighted by molar-refractivity contribution is 7.89. The van der Waals surface area contributed by atoms with Crippen LogP contribution in [0.3, 0.4) is 0 Å². The number of nitrogens with zero attached hydrogens (tertiary/aromatic N) is 2. The van der Waals surface area contributed by atoms with Crippen LogP contribution in [-0.4, -0.2) is 43.7 Å². The molecule has 0 unspecified atom stereocenters. The van der Waals surface area contributed by atoms with Crippen molar-refractivity contribution in [1.29, 1.82) is 0 Å². The Balaban J connectivity index is 1.37. The Labute approximate surface area is 199 Å². The molecule has 2 aromatic carbocycles. The zero-order valence-electron chi connectivity index (χ0n) is 18.8. The van der Waals surface area contributed by atoms with E-state index in [0.29, 0.717) is 43.9 Å². The summed E-state index contributed by atoms with van der Waals surface area (Å²) in [5.41, 5.74) is 2.61. The summed E-state index contributed by atoms with van der Waals surface area (Å²) < 4.78 is 27.9. The van der Waals surface area contributed by atoms with E-state index < -0.39 is 10.0 Å². The van der Waals surface area contributed by atoms with E-state index in [0.717, 1.165) is 16.8 Å². The number of halogens is 1. The molecule has 1 saturated heterocycles. The molecule has 0 bridgehead atoms. The summed E-state index contributed by atoms with van der Waals surface area (Å²) in [6, 6.07) is 12.3. The molecule has 4 rings (SSSR count). The minimum absolute atomic E-state index is 0.0117. The molecule has 7 nitrogen and oxygen atoms in total. The summed E-state index contributed by atoms with van der Waals surface area (Å²) in [7, 11) is -3.66. The van der Waals surface area contributed by atoms with Crippen LogP contribution < -0.4 is 10.2 Å². The summed E-state index contributed by atoms with van der Waals surface area (Å²) in [5.74, 6) is -0.320. The van der Waals surface area contributed by atoms with E-state index in [1.54, 1.807) is 35.2 Å². The van der Waals surface area contributed by atoms with Gasteiger partial charge >= 0.3 is 0 Å². The summed E-state index contributed by atoms with van der Waals surface area (Å²) in [6.07, 6.45) is 1.59. The van der Waals surface area contributed by atoms with Gasteiger partial charge in [-0.1, -0.05) is 23.7 Å². The van der Waals surface area contributed by atoms with Crippen LogP contribution in [0.2, 0.25) is 5.02 Å². The van der Waals surface area contributed by atoms with Crippen LogP contribution in [0.15, 0.2) is 47.4 Å². The van der Waals surface area contributed by atoms with Crippen molar-refractivity contribution in [3.63, 3.8) is 0 Å². The van der Waals surface area contributed by atoms with Gasteiger partial charge in [-0.05, 0) is 67.6 Å². The molecule has 0 saturated carbocycles. The number of fused-ring (bicyclic) bond motifs is 1. The van der Waals surface area contributed by atoms with E-state index >= 15 is 0 Å². The second kappa shape index (κ2) is 9.44. The molecular weight excluding hydrogens is 462 g/mol. The van der Waals surface area contributed by atoms with Crippen molar-refractivity contribution in [3.05, 3.63) is 58.6 Å². The largest absolute Gasteiger partial charge is 0.352 e. The van der Waals surface area contributed by atoms with Gasteiger partial charge in [-0.3, -0.25) is 9.59 Å². The average Bonchev–Trinajstić information content (AvgIpc) is 3.13. The fourth-order valence-electron chi connectivity index (χ4n) is 4.69. The number of sulfonamides is 1. The molecule has 0 spiro atoms. The smallest absolute Gasteiger partial charge is 0.243 e. The third kappa shape index (κ3) is 4.93. The lowest BCUT2D eigenvalue weighted by molar-refractivity contribution is -0.126. The SMILES string of the molecule is CC(=O)N1c2ccc(S(=O)(=O)N3CCC(C(=O)NCc4ccc(Cl)cc4)CC3)cc2C[C@H]1C. The Kier molecular flexibility index (Phi) is 6.79. The van der Waals surface area contributed by atoms with Gasteiger partial charge in [-0.2, -0.15) is 4.31 Å². The number of hydrogen-bond donors (Lipinski definition) is 1. The molecule has 33 heavy (non-hydrogen) atoms. The molecule has 2 aliphatic heterocycles. The van der Waals surface area contributed by atoms with Crippen molar-refractivity contribution in [2.75, 3.05) is 18.0 Å². The second-order valence-corrected chi connectivity index (χ2v) is 11.1. The summed E-state index contributed by atoms with van der Waals surface area (Å²) >= 11 is 5.89. The Hall–Kier alpha value is -2.42. The first-order valence-electron chi connectivity index (χ1n) is 11.1. The van der Waals surface area contributed by atoms with Gasteiger partial charge in [0.25, 0.3) is 0 Å². The lowest BCUT2D eigenvalue weighted by atomic mass is 9.97. The van der Waals surface area contributed by atoms with E-state index in [1.165, 1.54) is 11.2 Å². The summed E-state index contributed by atoms with van der Waals surface area (Å²) in [5, 5.41) is 3.58. The van der Waals surface area contributed by atoms with Crippen molar-refractivity contribution < 1.29 is 18.0 Å². The number of hydrogen-bond acceptors (Lipinski definition) is 4. The van der Waals surface area contributed by atoms with Gasteiger partial charge in [-0.25, -0.2) is 8.42 Å². The van der Waals surface area contributed by atoms with Gasteiger partial charge in [0.2, 0.25) is 21.8 Å². The first-order valence-corrected chi connectivity index (χ1v) is 12.9. The maximum Gasteiger partial charge on any atom is 0.243 e. The molecule has 1 fully saturated rings. The van der Waals surface area contributed by atoms with Crippen molar-refractivity contribution in [1.82, 2.24) is 9.62 Å². The molecule has 176 valence electrons. The lowest BCUT2D eigenvalue weighted by Gasteiger charge is -2.30. The molecule has 2 amide bonds. The number of rotatable bonds is 5. The highest BCUT2D eigenvalue weighted by Crippen LogP contribution is 2.35. The molecule has 0 radical (unpaired) electrons. The number of nitrogens with one attached hydrogen (secondary N) is 1. The molecule has 1 atom stereocenters. The predicted octanol–water partition coefficient (Wildman–Crippen LogP) is 3.35. The molecular formula is C24H28ClN3O4S. The number of anilines is 1. The minimum Gasteiger partial charge on any atom is -0.352 e. The number of carbonyl (C=O) groups is 2. The number of carbonyl (C=O) groups excluding carboxylic acids is 2. The fraction of sp³-hybridized carbons (Fsp3) is 0.417. The maximum atomic E-state index is 13.2. The monoisotopic (exact) mass is 489 g/mol. The molecule has 2 aliphatic rings. The van der Waals surface area contributed by atoms with E-state index in [-0.39, 0.29) is 28.7 Å². The fourth-order valence-corrected chi connectivity index (χ4v) is 6.34. The Morgan fingerprint density at radius 3 is 2.39 bits per heavy atom. The quantitative estimate of drug-likeness (QED) is 0.697. The summed E-state index contributed by atoms with van der Waals surface area (Å²) in [4.78, 5) is 26.5. The van der Waals surface area contributed by atoms with Crippen LogP contribution in [0.5, 0.6) is 0 Å². The maximum absolute atomic E-state index is 13.2. The standard InChI is InChI=1S/C24H28ClN3O4S/c1-16-13-20-14-22(7-8-23(20)28(16)17(2)29)33(31,32)27-11-9-19(10-12-27)24(30)26-15-18-3-5-21(25)6-4-18/h3-8,14,16,19H,9-13,15H2,1-2H3,(H,26,30)/t16-/m1/s1. The molecule has 2 heterocycles. The second-order valence-electron chi connectivity index (χ2n) is 8.76. The third-order valence-electron chi connectivity index (χ3n) is 6.45. The number of piperidine rings is 1. The van der Waals surface area contributed by atoms with Crippen LogP contribution in [0.1, 0.15) is 37.8 Å². The third-order valence-corrected chi connectivity index (χ3v) is 8.59. The first kappa shape index (κ1) is 23.7. The summed E-state index contributed by atoms with van der Waals surface area (Å²) in [6.45, 7) is 4.49. The van der Waals surface area contributed by atoms with Crippen LogP contribution in [0.4, 0.5) is 5.69 Å². The van der Waals surface area contributed by atoms with Gasteiger partial charge in [0.15, 0.2) is 0 Å². The van der Waals surface area contributed by atoms with Gasteiger partial charge in [0.05, 0.1) is 4.90 Å². The van der Waals surface area contributed by atoms with Crippen LogP contribution >= 0.6 is 11.6 Å². The Morgan fingerprint density at radius 1 is 1.09 bits per heavy atom. The van der Waals surface area contributed by atoms with Gasteiger partial charge in [0.1, 0.15) is 0 Å². The van der Waals surface area contributed by atoms with Gasteiger partial charge < -0.3 is 10.2 Å². The van der Waals surface area contributed by atoms with E-state index in [2.05, 4.69) is 5.32 Å². The topological polar surface area (TPSA) is 86.8 Å². The first-order chi connectivity index (χ1) is 15.7. The van der Waals surface area contributed by atoms with Crippen molar-refractivity contribution in [2.45, 2.75) is 50.6 Å². The van der Waals surface area contributed by atoms with Gasteiger partial charge in [0, 0.05) is 49.2 Å².